The van der Waals surface area contributed by atoms with Crippen molar-refractivity contribution in [2.75, 3.05) is 32.7 Å². The molecule has 2 unspecified atom stereocenters. The Labute approximate surface area is 123 Å². The number of piperazine rings is 1. The Bertz CT molecular complexity index is 301. The molecule has 5 nitrogen and oxygen atoms in total. The van der Waals surface area contributed by atoms with Gasteiger partial charge in [-0.15, -0.1) is 0 Å². The molecule has 20 heavy (non-hydrogen) atoms. The second-order valence-corrected chi connectivity index (χ2v) is 6.78. The Morgan fingerprint density at radius 2 is 1.70 bits per heavy atom. The van der Waals surface area contributed by atoms with E-state index in [0.717, 1.165) is 39.1 Å². The van der Waals surface area contributed by atoms with Crippen molar-refractivity contribution >= 4 is 5.91 Å². The minimum atomic E-state index is -0.167. The third kappa shape index (κ3) is 5.04. The molecule has 118 valence electrons. The molecule has 1 saturated heterocycles. The lowest BCUT2D eigenvalue weighted by molar-refractivity contribution is -0.128. The molecule has 0 saturated carbocycles. The average Bonchev–Trinajstić information content (AvgIpc) is 2.38. The van der Waals surface area contributed by atoms with Crippen molar-refractivity contribution in [3.8, 4) is 0 Å². The SMILES string of the molecule is CCC(CN)N1CCN(C(C)C(=O)NC(C)(C)C)CC1. The summed E-state index contributed by atoms with van der Waals surface area (Å²) < 4.78 is 0. The van der Waals surface area contributed by atoms with Gasteiger partial charge in [-0.3, -0.25) is 14.6 Å². The van der Waals surface area contributed by atoms with Crippen LogP contribution >= 0.6 is 0 Å². The Kier molecular flexibility index (Phi) is 6.43. The monoisotopic (exact) mass is 284 g/mol. The number of carbonyl (C=O) groups excluding carboxylic acids is 1. The van der Waals surface area contributed by atoms with Crippen molar-refractivity contribution in [3.05, 3.63) is 0 Å². The molecule has 0 aromatic heterocycles. The van der Waals surface area contributed by atoms with Crippen LogP contribution in [0.1, 0.15) is 41.0 Å². The maximum atomic E-state index is 12.2. The molecule has 1 aliphatic heterocycles. The first-order valence-corrected chi connectivity index (χ1v) is 7.78. The predicted octanol–water partition coefficient (Wildman–Crippen LogP) is 0.645. The van der Waals surface area contributed by atoms with Crippen molar-refractivity contribution in [3.63, 3.8) is 0 Å². The number of carbonyl (C=O) groups is 1. The van der Waals surface area contributed by atoms with Crippen LogP contribution in [0.2, 0.25) is 0 Å². The van der Waals surface area contributed by atoms with Crippen LogP contribution in [0.3, 0.4) is 0 Å². The summed E-state index contributed by atoms with van der Waals surface area (Å²) in [7, 11) is 0. The largest absolute Gasteiger partial charge is 0.350 e. The fourth-order valence-electron chi connectivity index (χ4n) is 2.70. The van der Waals surface area contributed by atoms with Crippen LogP contribution in [-0.2, 0) is 4.79 Å². The van der Waals surface area contributed by atoms with Crippen molar-refractivity contribution in [2.45, 2.75) is 58.7 Å². The van der Waals surface area contributed by atoms with Gasteiger partial charge in [0.25, 0.3) is 0 Å². The van der Waals surface area contributed by atoms with E-state index in [-0.39, 0.29) is 17.5 Å². The Hall–Kier alpha value is -0.650. The van der Waals surface area contributed by atoms with Gasteiger partial charge in [0.2, 0.25) is 5.91 Å². The standard InChI is InChI=1S/C15H32N4O/c1-6-13(11-16)19-9-7-18(8-10-19)12(2)14(20)17-15(3,4)5/h12-13H,6-11,16H2,1-5H3,(H,17,20). The van der Waals surface area contributed by atoms with Crippen LogP contribution in [0.25, 0.3) is 0 Å². The van der Waals surface area contributed by atoms with Gasteiger partial charge in [-0.25, -0.2) is 0 Å². The zero-order valence-corrected chi connectivity index (χ0v) is 13.8. The molecule has 0 aromatic rings. The van der Waals surface area contributed by atoms with Crippen molar-refractivity contribution in [1.29, 1.82) is 0 Å². The molecular formula is C15H32N4O. The van der Waals surface area contributed by atoms with E-state index in [2.05, 4.69) is 22.0 Å². The lowest BCUT2D eigenvalue weighted by Crippen LogP contribution is -2.58. The molecule has 1 heterocycles. The maximum Gasteiger partial charge on any atom is 0.237 e. The zero-order chi connectivity index (χ0) is 15.3. The highest BCUT2D eigenvalue weighted by Crippen LogP contribution is 2.12. The summed E-state index contributed by atoms with van der Waals surface area (Å²) in [4.78, 5) is 16.9. The Morgan fingerprint density at radius 3 is 2.10 bits per heavy atom. The summed E-state index contributed by atoms with van der Waals surface area (Å²) in [5, 5.41) is 3.06. The van der Waals surface area contributed by atoms with E-state index in [1.165, 1.54) is 0 Å². The molecular weight excluding hydrogens is 252 g/mol. The number of amides is 1. The van der Waals surface area contributed by atoms with Crippen molar-refractivity contribution in [1.82, 2.24) is 15.1 Å². The summed E-state index contributed by atoms with van der Waals surface area (Å²) in [6.45, 7) is 14.8. The van der Waals surface area contributed by atoms with E-state index >= 15 is 0 Å². The van der Waals surface area contributed by atoms with Gasteiger partial charge in [0.15, 0.2) is 0 Å². The van der Waals surface area contributed by atoms with E-state index < -0.39 is 0 Å². The molecule has 1 rings (SSSR count). The number of nitrogens with one attached hydrogen (secondary N) is 1. The van der Waals surface area contributed by atoms with Crippen LogP contribution in [0.4, 0.5) is 0 Å². The number of rotatable bonds is 5. The first-order chi connectivity index (χ1) is 9.28. The smallest absolute Gasteiger partial charge is 0.237 e. The molecule has 5 heteroatoms. The van der Waals surface area contributed by atoms with Crippen molar-refractivity contribution in [2.24, 2.45) is 5.73 Å². The highest BCUT2D eigenvalue weighted by molar-refractivity contribution is 5.81. The highest BCUT2D eigenvalue weighted by Gasteiger charge is 2.29. The van der Waals surface area contributed by atoms with Gasteiger partial charge in [-0.2, -0.15) is 0 Å². The first-order valence-electron chi connectivity index (χ1n) is 7.78. The van der Waals surface area contributed by atoms with Crippen LogP contribution < -0.4 is 11.1 Å². The topological polar surface area (TPSA) is 61.6 Å². The van der Waals surface area contributed by atoms with Gasteiger partial charge in [-0.05, 0) is 34.1 Å². The van der Waals surface area contributed by atoms with Gasteiger partial charge >= 0.3 is 0 Å². The molecule has 1 aliphatic rings. The molecule has 1 fully saturated rings. The second-order valence-electron chi connectivity index (χ2n) is 6.78. The molecule has 0 spiro atoms. The molecule has 2 atom stereocenters. The summed E-state index contributed by atoms with van der Waals surface area (Å²) in [6, 6.07) is 0.421. The van der Waals surface area contributed by atoms with E-state index in [1.807, 2.05) is 27.7 Å². The summed E-state index contributed by atoms with van der Waals surface area (Å²) in [6.07, 6.45) is 1.09. The number of nitrogens with zero attached hydrogens (tertiary/aromatic N) is 2. The van der Waals surface area contributed by atoms with Crippen LogP contribution in [0.15, 0.2) is 0 Å². The number of hydrogen-bond donors (Lipinski definition) is 2. The van der Waals surface area contributed by atoms with Crippen LogP contribution in [0, 0.1) is 0 Å². The first kappa shape index (κ1) is 17.4. The van der Waals surface area contributed by atoms with Crippen molar-refractivity contribution < 1.29 is 4.79 Å². The maximum absolute atomic E-state index is 12.2. The molecule has 3 N–H and O–H groups in total. The van der Waals surface area contributed by atoms with Crippen LogP contribution in [-0.4, -0.2) is 66.1 Å². The van der Waals surface area contributed by atoms with E-state index in [0.29, 0.717) is 6.04 Å². The molecule has 0 bridgehead atoms. The Balaban J connectivity index is 2.46. The van der Waals surface area contributed by atoms with Gasteiger partial charge in [0.1, 0.15) is 0 Å². The zero-order valence-electron chi connectivity index (χ0n) is 13.8. The minimum Gasteiger partial charge on any atom is -0.350 e. The average molecular weight is 284 g/mol. The van der Waals surface area contributed by atoms with Gasteiger partial charge in [-0.1, -0.05) is 6.92 Å². The third-order valence-corrected chi connectivity index (χ3v) is 4.03. The lowest BCUT2D eigenvalue weighted by Gasteiger charge is -2.41. The van der Waals surface area contributed by atoms with Gasteiger partial charge in [0, 0.05) is 44.3 Å². The van der Waals surface area contributed by atoms with E-state index in [4.69, 9.17) is 5.73 Å². The molecule has 1 amide bonds. The minimum absolute atomic E-state index is 0.0608. The summed E-state index contributed by atoms with van der Waals surface area (Å²) in [5.74, 6) is 0.122. The summed E-state index contributed by atoms with van der Waals surface area (Å²) in [5.41, 5.74) is 5.64. The fraction of sp³-hybridized carbons (Fsp3) is 0.933. The molecule has 0 radical (unpaired) electrons. The predicted molar refractivity (Wildman–Crippen MR) is 83.6 cm³/mol. The van der Waals surface area contributed by atoms with Gasteiger partial charge in [0.05, 0.1) is 6.04 Å². The quantitative estimate of drug-likeness (QED) is 0.778. The highest BCUT2D eigenvalue weighted by atomic mass is 16.2. The van der Waals surface area contributed by atoms with E-state index in [9.17, 15) is 4.79 Å². The normalized spacial score (nSPS) is 21.5. The Morgan fingerprint density at radius 1 is 1.20 bits per heavy atom. The third-order valence-electron chi connectivity index (χ3n) is 4.03. The lowest BCUT2D eigenvalue weighted by atomic mass is 10.1. The number of nitrogens with two attached hydrogens (primary N) is 1. The second kappa shape index (κ2) is 7.38. The fourth-order valence-corrected chi connectivity index (χ4v) is 2.70. The molecule has 0 aliphatic carbocycles. The molecule has 0 aromatic carbocycles. The van der Waals surface area contributed by atoms with Crippen LogP contribution in [0.5, 0.6) is 0 Å². The van der Waals surface area contributed by atoms with Gasteiger partial charge < -0.3 is 11.1 Å². The summed E-state index contributed by atoms with van der Waals surface area (Å²) >= 11 is 0. The van der Waals surface area contributed by atoms with E-state index in [1.54, 1.807) is 0 Å². The number of hydrogen-bond acceptors (Lipinski definition) is 4.